The molecule has 0 fully saturated rings. The molecule has 0 saturated heterocycles. The van der Waals surface area contributed by atoms with Crippen molar-refractivity contribution in [3.05, 3.63) is 40.7 Å². The second-order valence-corrected chi connectivity index (χ2v) is 5.94. The third-order valence-electron chi connectivity index (χ3n) is 3.27. The van der Waals surface area contributed by atoms with Gasteiger partial charge in [0.05, 0.1) is 17.5 Å². The van der Waals surface area contributed by atoms with E-state index in [1.165, 1.54) is 4.68 Å². The molecule has 0 aliphatic rings. The predicted octanol–water partition coefficient (Wildman–Crippen LogP) is 2.08. The monoisotopic (exact) mass is 345 g/mol. The lowest BCUT2D eigenvalue weighted by molar-refractivity contribution is -0.122. The van der Waals surface area contributed by atoms with E-state index in [1.54, 1.807) is 51.1 Å². The summed E-state index contributed by atoms with van der Waals surface area (Å²) in [5, 5.41) is 20.0. The van der Waals surface area contributed by atoms with Crippen molar-refractivity contribution >= 4 is 23.3 Å². The molecule has 0 aliphatic heterocycles. The summed E-state index contributed by atoms with van der Waals surface area (Å²) in [6.45, 7) is 5.14. The summed E-state index contributed by atoms with van der Waals surface area (Å²) in [5.74, 6) is -2.79. The first-order valence-corrected chi connectivity index (χ1v) is 7.65. The van der Waals surface area contributed by atoms with E-state index in [0.717, 1.165) is 0 Å². The Kier molecular flexibility index (Phi) is 5.31. The third kappa shape index (κ3) is 3.60. The van der Waals surface area contributed by atoms with Crippen molar-refractivity contribution in [3.63, 3.8) is 0 Å². The molecule has 1 aromatic carbocycles. The molecule has 0 bridgehead atoms. The van der Waals surface area contributed by atoms with Crippen LogP contribution < -0.4 is 5.32 Å². The molecule has 0 radical (unpaired) electrons. The Balaban J connectivity index is 2.34. The number of hydrogen-bond acceptors (Lipinski definition) is 5. The smallest absolute Gasteiger partial charge is 0.245 e. The standard InChI is InChI=1S/C16H16ClN5O2/c1-9(2)19-16(24)13(8-18)15(23)14-10(3)22(21-20-14)12-6-4-5-11(17)7-12/h4-7,9,13H,1-3H3,(H,19,24)/t13-/m0/s1. The molecule has 124 valence electrons. The first-order valence-electron chi connectivity index (χ1n) is 7.27. The van der Waals surface area contributed by atoms with Crippen molar-refractivity contribution in [2.24, 2.45) is 5.92 Å². The minimum Gasteiger partial charge on any atom is -0.352 e. The van der Waals surface area contributed by atoms with Crippen molar-refractivity contribution in [2.45, 2.75) is 26.8 Å². The van der Waals surface area contributed by atoms with Gasteiger partial charge < -0.3 is 5.32 Å². The fourth-order valence-electron chi connectivity index (χ4n) is 2.15. The van der Waals surface area contributed by atoms with Crippen LogP contribution in [0, 0.1) is 24.2 Å². The van der Waals surface area contributed by atoms with Crippen LogP contribution in [0.3, 0.4) is 0 Å². The molecule has 0 saturated carbocycles. The van der Waals surface area contributed by atoms with E-state index in [0.29, 0.717) is 16.4 Å². The van der Waals surface area contributed by atoms with Gasteiger partial charge in [0, 0.05) is 11.1 Å². The number of Topliss-reactive ketones (excluding diaryl/α,β-unsaturated/α-hetero) is 1. The molecule has 0 unspecified atom stereocenters. The van der Waals surface area contributed by atoms with Crippen molar-refractivity contribution in [1.82, 2.24) is 20.3 Å². The van der Waals surface area contributed by atoms with Gasteiger partial charge in [0.1, 0.15) is 0 Å². The SMILES string of the molecule is Cc1c(C(=O)[C@H](C#N)C(=O)NC(C)C)nnn1-c1cccc(Cl)c1. The highest BCUT2D eigenvalue weighted by molar-refractivity contribution is 6.30. The highest BCUT2D eigenvalue weighted by atomic mass is 35.5. The molecule has 2 rings (SSSR count). The number of carbonyl (C=O) groups is 2. The van der Waals surface area contributed by atoms with Crippen LogP contribution >= 0.6 is 11.6 Å². The molecule has 0 aliphatic carbocycles. The molecule has 24 heavy (non-hydrogen) atoms. The number of hydrogen-bond donors (Lipinski definition) is 1. The van der Waals surface area contributed by atoms with Gasteiger partial charge in [0.15, 0.2) is 11.6 Å². The van der Waals surface area contributed by atoms with E-state index in [2.05, 4.69) is 15.6 Å². The van der Waals surface area contributed by atoms with Crippen molar-refractivity contribution in [3.8, 4) is 11.8 Å². The minimum atomic E-state index is -1.46. The topological polar surface area (TPSA) is 101 Å². The van der Waals surface area contributed by atoms with E-state index < -0.39 is 17.6 Å². The average molecular weight is 346 g/mol. The van der Waals surface area contributed by atoms with Crippen LogP contribution in [0.2, 0.25) is 5.02 Å². The van der Waals surface area contributed by atoms with E-state index in [-0.39, 0.29) is 11.7 Å². The maximum Gasteiger partial charge on any atom is 0.245 e. The molecule has 2 aromatic rings. The molecule has 1 amide bonds. The van der Waals surface area contributed by atoms with Gasteiger partial charge >= 0.3 is 0 Å². The van der Waals surface area contributed by atoms with E-state index >= 15 is 0 Å². The quantitative estimate of drug-likeness (QED) is 0.660. The number of aromatic nitrogens is 3. The zero-order chi connectivity index (χ0) is 17.9. The van der Waals surface area contributed by atoms with Crippen LogP contribution in [0.1, 0.15) is 30.0 Å². The Morgan fingerprint density at radius 2 is 2.08 bits per heavy atom. The number of benzene rings is 1. The van der Waals surface area contributed by atoms with E-state index in [1.807, 2.05) is 0 Å². The van der Waals surface area contributed by atoms with Crippen molar-refractivity contribution < 1.29 is 9.59 Å². The summed E-state index contributed by atoms with van der Waals surface area (Å²) < 4.78 is 1.44. The minimum absolute atomic E-state index is 0.0135. The van der Waals surface area contributed by atoms with Crippen LogP contribution in [-0.4, -0.2) is 32.7 Å². The van der Waals surface area contributed by atoms with E-state index in [9.17, 15) is 14.9 Å². The molecular formula is C16H16ClN5O2. The summed E-state index contributed by atoms with van der Waals surface area (Å²) in [5.41, 5.74) is 1.05. The van der Waals surface area contributed by atoms with Gasteiger partial charge in [-0.25, -0.2) is 4.68 Å². The number of ketones is 1. The first-order chi connectivity index (χ1) is 11.3. The van der Waals surface area contributed by atoms with E-state index in [4.69, 9.17) is 11.6 Å². The zero-order valence-electron chi connectivity index (χ0n) is 13.4. The number of nitrogens with one attached hydrogen (secondary N) is 1. The molecular weight excluding hydrogens is 330 g/mol. The van der Waals surface area contributed by atoms with Gasteiger partial charge in [-0.15, -0.1) is 5.10 Å². The highest BCUT2D eigenvalue weighted by Crippen LogP contribution is 2.18. The van der Waals surface area contributed by atoms with Crippen molar-refractivity contribution in [1.29, 1.82) is 5.26 Å². The number of nitriles is 1. The van der Waals surface area contributed by atoms with Crippen LogP contribution in [0.5, 0.6) is 0 Å². The molecule has 1 heterocycles. The van der Waals surface area contributed by atoms with Crippen molar-refractivity contribution in [2.75, 3.05) is 0 Å². The molecule has 8 heteroatoms. The summed E-state index contributed by atoms with van der Waals surface area (Å²) >= 11 is 5.95. The number of nitrogens with zero attached hydrogens (tertiary/aromatic N) is 4. The third-order valence-corrected chi connectivity index (χ3v) is 3.50. The number of halogens is 1. The Hall–Kier alpha value is -2.72. The summed E-state index contributed by atoms with van der Waals surface area (Å²) in [4.78, 5) is 24.5. The number of amides is 1. The van der Waals surface area contributed by atoms with Crippen LogP contribution in [0.15, 0.2) is 24.3 Å². The van der Waals surface area contributed by atoms with Gasteiger partial charge in [-0.2, -0.15) is 5.26 Å². The van der Waals surface area contributed by atoms with Gasteiger partial charge in [-0.05, 0) is 39.0 Å². The zero-order valence-corrected chi connectivity index (χ0v) is 14.2. The number of rotatable bonds is 5. The maximum atomic E-state index is 12.5. The fraction of sp³-hybridized carbons (Fsp3) is 0.312. The van der Waals surface area contributed by atoms with Gasteiger partial charge in [0.2, 0.25) is 11.7 Å². The first kappa shape index (κ1) is 17.6. The largest absolute Gasteiger partial charge is 0.352 e. The molecule has 0 spiro atoms. The van der Waals surface area contributed by atoms with Crippen LogP contribution in [0.4, 0.5) is 0 Å². The Morgan fingerprint density at radius 3 is 2.67 bits per heavy atom. The van der Waals surface area contributed by atoms with Gasteiger partial charge in [-0.1, -0.05) is 22.9 Å². The average Bonchev–Trinajstić information content (AvgIpc) is 2.88. The Labute approximate surface area is 144 Å². The second-order valence-electron chi connectivity index (χ2n) is 5.50. The lowest BCUT2D eigenvalue weighted by Crippen LogP contribution is -2.38. The molecule has 7 nitrogen and oxygen atoms in total. The normalized spacial score (nSPS) is 11.8. The maximum absolute atomic E-state index is 12.5. The molecule has 1 atom stereocenters. The van der Waals surface area contributed by atoms with Gasteiger partial charge in [-0.3, -0.25) is 9.59 Å². The van der Waals surface area contributed by atoms with Gasteiger partial charge in [0.25, 0.3) is 0 Å². The second kappa shape index (κ2) is 7.23. The fourth-order valence-corrected chi connectivity index (χ4v) is 2.34. The summed E-state index contributed by atoms with van der Waals surface area (Å²) in [7, 11) is 0. The Bertz CT molecular complexity index is 822. The molecule has 1 aromatic heterocycles. The lowest BCUT2D eigenvalue weighted by atomic mass is 10.0. The number of carbonyl (C=O) groups excluding carboxylic acids is 2. The van der Waals surface area contributed by atoms with Crippen LogP contribution in [0.25, 0.3) is 5.69 Å². The molecule has 1 N–H and O–H groups in total. The summed E-state index contributed by atoms with van der Waals surface area (Å²) in [6.07, 6.45) is 0. The summed E-state index contributed by atoms with van der Waals surface area (Å²) in [6, 6.07) is 8.44. The lowest BCUT2D eigenvalue weighted by Gasteiger charge is -2.11. The predicted molar refractivity (Wildman–Crippen MR) is 87.8 cm³/mol. The highest BCUT2D eigenvalue weighted by Gasteiger charge is 2.31. The van der Waals surface area contributed by atoms with Crippen LogP contribution in [-0.2, 0) is 4.79 Å². The Morgan fingerprint density at radius 1 is 1.38 bits per heavy atom.